The second kappa shape index (κ2) is 12.5. The summed E-state index contributed by atoms with van der Waals surface area (Å²) in [5, 5.41) is 7.46. The van der Waals surface area contributed by atoms with Gasteiger partial charge < -0.3 is 9.47 Å². The van der Waals surface area contributed by atoms with Crippen molar-refractivity contribution in [3.05, 3.63) is 206 Å². The van der Waals surface area contributed by atoms with Gasteiger partial charge in [-0.25, -0.2) is 0 Å². The molecule has 0 fully saturated rings. The van der Waals surface area contributed by atoms with Crippen LogP contribution in [0.25, 0.3) is 71.3 Å². The Hall–Kier alpha value is -6.90. The van der Waals surface area contributed by atoms with Crippen molar-refractivity contribution < 1.29 is 0 Å². The number of aromatic nitrogens is 1. The predicted molar refractivity (Wildman–Crippen MR) is 221 cm³/mol. The van der Waals surface area contributed by atoms with Gasteiger partial charge in [0.05, 0.1) is 11.0 Å². The van der Waals surface area contributed by atoms with E-state index in [0.717, 1.165) is 22.7 Å². The quantitative estimate of drug-likeness (QED) is 0.172. The van der Waals surface area contributed by atoms with Gasteiger partial charge in [-0.1, -0.05) is 152 Å². The van der Waals surface area contributed by atoms with Crippen molar-refractivity contribution in [1.82, 2.24) is 4.57 Å². The van der Waals surface area contributed by atoms with E-state index in [-0.39, 0.29) is 0 Å². The Balaban J connectivity index is 1.19. The van der Waals surface area contributed by atoms with Crippen LogP contribution in [0.15, 0.2) is 206 Å². The third kappa shape index (κ3) is 5.04. The molecule has 1 heterocycles. The maximum absolute atomic E-state index is 2.43. The van der Waals surface area contributed by atoms with Crippen LogP contribution in [0.4, 0.5) is 17.1 Å². The minimum Gasteiger partial charge on any atom is -0.310 e. The molecule has 244 valence electrons. The Morgan fingerprint density at radius 2 is 0.942 bits per heavy atom. The fraction of sp³-hybridized carbons (Fsp3) is 0. The van der Waals surface area contributed by atoms with Gasteiger partial charge in [-0.3, -0.25) is 0 Å². The van der Waals surface area contributed by atoms with E-state index in [2.05, 4.69) is 216 Å². The fourth-order valence-electron chi connectivity index (χ4n) is 7.92. The number of hydrogen-bond donors (Lipinski definition) is 0. The van der Waals surface area contributed by atoms with E-state index in [4.69, 9.17) is 0 Å². The van der Waals surface area contributed by atoms with Crippen LogP contribution < -0.4 is 4.90 Å². The Morgan fingerprint density at radius 1 is 0.327 bits per heavy atom. The average Bonchev–Trinajstić information content (AvgIpc) is 3.56. The number of benzene rings is 9. The molecule has 1 aromatic heterocycles. The van der Waals surface area contributed by atoms with E-state index < -0.39 is 0 Å². The van der Waals surface area contributed by atoms with E-state index in [1.54, 1.807) is 0 Å². The van der Waals surface area contributed by atoms with E-state index in [1.165, 1.54) is 65.6 Å². The van der Waals surface area contributed by atoms with Crippen LogP contribution in [0, 0.1) is 0 Å². The van der Waals surface area contributed by atoms with Gasteiger partial charge in [-0.15, -0.1) is 0 Å². The van der Waals surface area contributed by atoms with Crippen LogP contribution in [-0.4, -0.2) is 4.57 Å². The molecule has 0 aliphatic heterocycles. The third-order valence-electron chi connectivity index (χ3n) is 10.3. The van der Waals surface area contributed by atoms with Gasteiger partial charge in [0, 0.05) is 38.9 Å². The molecular weight excluding hydrogens is 629 g/mol. The number of para-hydroxylation sites is 1. The Kier molecular flexibility index (Phi) is 7.18. The highest BCUT2D eigenvalue weighted by Gasteiger charge is 2.19. The SMILES string of the molecule is c1ccc(-c2cccc(N(c3ccc(-c4cccc5ccccc45)cc3)c3ccc4c(c3)c3ccc5ccccc5c3n4-c3ccccc3)c2)cc1. The smallest absolute Gasteiger partial charge is 0.0619 e. The number of nitrogens with zero attached hydrogens (tertiary/aromatic N) is 2. The molecule has 0 saturated heterocycles. The summed E-state index contributed by atoms with van der Waals surface area (Å²) in [6.07, 6.45) is 0. The number of hydrogen-bond acceptors (Lipinski definition) is 1. The predicted octanol–water partition coefficient (Wildman–Crippen LogP) is 13.9. The first-order valence-corrected chi connectivity index (χ1v) is 17.9. The molecule has 10 aromatic rings. The maximum Gasteiger partial charge on any atom is 0.0619 e. The summed E-state index contributed by atoms with van der Waals surface area (Å²) >= 11 is 0. The first kappa shape index (κ1) is 30.0. The van der Waals surface area contributed by atoms with Crippen molar-refractivity contribution in [3.8, 4) is 27.9 Å². The summed E-state index contributed by atoms with van der Waals surface area (Å²) in [7, 11) is 0. The highest BCUT2D eigenvalue weighted by Crippen LogP contribution is 2.43. The zero-order chi connectivity index (χ0) is 34.4. The standard InChI is InChI=1S/C50H34N2/c1-3-13-35(14-4-1)39-18-11-21-42(33-39)51(41-28-25-38(26-29-41)45-24-12-17-36-15-7-9-22-44(36)45)43-30-32-49-48(34-43)47-31-27-37-16-8-10-23-46(37)50(47)52(49)40-19-5-2-6-20-40/h1-34H. The van der Waals surface area contributed by atoms with Crippen LogP contribution in [0.1, 0.15) is 0 Å². The molecule has 0 aliphatic rings. The zero-order valence-corrected chi connectivity index (χ0v) is 28.5. The average molecular weight is 663 g/mol. The monoisotopic (exact) mass is 662 g/mol. The van der Waals surface area contributed by atoms with Crippen molar-refractivity contribution in [1.29, 1.82) is 0 Å². The summed E-state index contributed by atoms with van der Waals surface area (Å²) < 4.78 is 2.43. The summed E-state index contributed by atoms with van der Waals surface area (Å²) in [4.78, 5) is 2.39. The Morgan fingerprint density at radius 3 is 1.75 bits per heavy atom. The van der Waals surface area contributed by atoms with Gasteiger partial charge >= 0.3 is 0 Å². The van der Waals surface area contributed by atoms with E-state index in [0.29, 0.717) is 0 Å². The second-order valence-corrected chi connectivity index (χ2v) is 13.4. The summed E-state index contributed by atoms with van der Waals surface area (Å²) in [6, 6.07) is 74.7. The summed E-state index contributed by atoms with van der Waals surface area (Å²) in [5.74, 6) is 0. The lowest BCUT2D eigenvalue weighted by atomic mass is 9.98. The number of anilines is 3. The van der Waals surface area contributed by atoms with Crippen molar-refractivity contribution in [2.24, 2.45) is 0 Å². The van der Waals surface area contributed by atoms with Crippen LogP contribution in [0.5, 0.6) is 0 Å². The first-order chi connectivity index (χ1) is 25.8. The van der Waals surface area contributed by atoms with Crippen LogP contribution in [0.2, 0.25) is 0 Å². The molecule has 52 heavy (non-hydrogen) atoms. The summed E-state index contributed by atoms with van der Waals surface area (Å²) in [6.45, 7) is 0. The van der Waals surface area contributed by atoms with Gasteiger partial charge in [0.1, 0.15) is 0 Å². The van der Waals surface area contributed by atoms with Gasteiger partial charge in [0.25, 0.3) is 0 Å². The molecule has 2 heteroatoms. The molecule has 0 atom stereocenters. The van der Waals surface area contributed by atoms with Gasteiger partial charge in [-0.05, 0) is 93.0 Å². The van der Waals surface area contributed by atoms with Crippen molar-refractivity contribution in [3.63, 3.8) is 0 Å². The highest BCUT2D eigenvalue weighted by atomic mass is 15.1. The zero-order valence-electron chi connectivity index (χ0n) is 28.5. The molecule has 0 bridgehead atoms. The lowest BCUT2D eigenvalue weighted by Gasteiger charge is -2.26. The molecule has 0 spiro atoms. The van der Waals surface area contributed by atoms with Crippen LogP contribution in [-0.2, 0) is 0 Å². The largest absolute Gasteiger partial charge is 0.310 e. The molecule has 0 radical (unpaired) electrons. The molecule has 0 amide bonds. The first-order valence-electron chi connectivity index (χ1n) is 17.9. The third-order valence-corrected chi connectivity index (χ3v) is 10.3. The normalized spacial score (nSPS) is 11.5. The van der Waals surface area contributed by atoms with Gasteiger partial charge in [-0.2, -0.15) is 0 Å². The molecule has 0 unspecified atom stereocenters. The van der Waals surface area contributed by atoms with E-state index in [1.807, 2.05) is 0 Å². The highest BCUT2D eigenvalue weighted by molar-refractivity contribution is 6.19. The second-order valence-electron chi connectivity index (χ2n) is 13.4. The molecule has 0 N–H and O–H groups in total. The van der Waals surface area contributed by atoms with Crippen molar-refractivity contribution in [2.45, 2.75) is 0 Å². The topological polar surface area (TPSA) is 8.17 Å². The van der Waals surface area contributed by atoms with Crippen molar-refractivity contribution in [2.75, 3.05) is 4.90 Å². The Labute approximate surface area is 303 Å². The fourth-order valence-corrected chi connectivity index (χ4v) is 7.92. The van der Waals surface area contributed by atoms with E-state index >= 15 is 0 Å². The number of rotatable bonds is 6. The molecule has 10 rings (SSSR count). The van der Waals surface area contributed by atoms with Crippen LogP contribution >= 0.6 is 0 Å². The Bertz CT molecular complexity index is 2880. The minimum absolute atomic E-state index is 1.10. The molecular formula is C50H34N2. The lowest BCUT2D eigenvalue weighted by molar-refractivity contribution is 1.18. The molecule has 0 saturated carbocycles. The molecule has 2 nitrogen and oxygen atoms in total. The minimum atomic E-state index is 1.10. The van der Waals surface area contributed by atoms with Gasteiger partial charge in [0.2, 0.25) is 0 Å². The van der Waals surface area contributed by atoms with Crippen molar-refractivity contribution >= 4 is 60.4 Å². The summed E-state index contributed by atoms with van der Waals surface area (Å²) in [5.41, 5.74) is 11.7. The lowest BCUT2D eigenvalue weighted by Crippen LogP contribution is -2.10. The molecule has 0 aliphatic carbocycles. The van der Waals surface area contributed by atoms with E-state index in [9.17, 15) is 0 Å². The maximum atomic E-state index is 2.43. The number of fused-ring (bicyclic) bond motifs is 6. The van der Waals surface area contributed by atoms with Crippen LogP contribution in [0.3, 0.4) is 0 Å². The van der Waals surface area contributed by atoms with Gasteiger partial charge in [0.15, 0.2) is 0 Å². The molecule has 9 aromatic carbocycles.